The van der Waals surface area contributed by atoms with Gasteiger partial charge in [0.05, 0.1) is 17.8 Å². The van der Waals surface area contributed by atoms with Gasteiger partial charge in [0.1, 0.15) is 5.75 Å². The Morgan fingerprint density at radius 1 is 1.33 bits per heavy atom. The van der Waals surface area contributed by atoms with E-state index in [0.29, 0.717) is 17.3 Å². The zero-order valence-corrected chi connectivity index (χ0v) is 12.4. The van der Waals surface area contributed by atoms with Gasteiger partial charge in [-0.3, -0.25) is 0 Å². The van der Waals surface area contributed by atoms with Crippen molar-refractivity contribution < 1.29 is 14.6 Å². The normalized spacial score (nSPS) is 10.2. The summed E-state index contributed by atoms with van der Waals surface area (Å²) >= 11 is 11.8. The van der Waals surface area contributed by atoms with E-state index in [1.54, 1.807) is 12.1 Å². The first-order valence-corrected chi connectivity index (χ1v) is 6.59. The minimum Gasteiger partial charge on any atom is -0.495 e. The van der Waals surface area contributed by atoms with E-state index < -0.39 is 5.97 Å². The Kier molecular flexibility index (Phi) is 4.82. The number of hydrogen-bond acceptors (Lipinski definition) is 5. The molecule has 0 saturated carbocycles. The summed E-state index contributed by atoms with van der Waals surface area (Å²) in [6.07, 6.45) is 0. The van der Waals surface area contributed by atoms with Crippen LogP contribution < -0.4 is 10.1 Å². The second kappa shape index (κ2) is 6.60. The molecule has 0 aliphatic heterocycles. The maximum absolute atomic E-state index is 11.1. The maximum Gasteiger partial charge on any atom is 0.358 e. The van der Waals surface area contributed by atoms with E-state index in [1.807, 2.05) is 6.07 Å². The molecular weight excluding hydrogens is 317 g/mol. The number of rotatable bonds is 5. The van der Waals surface area contributed by atoms with Crippen LogP contribution in [-0.4, -0.2) is 28.4 Å². The SMILES string of the molecule is COc1ccc(CNc2cc(Cl)nnc2C(=O)O)cc1Cl. The number of nitrogens with one attached hydrogen (secondary N) is 1. The summed E-state index contributed by atoms with van der Waals surface area (Å²) in [6.45, 7) is 0.353. The first kappa shape index (κ1) is 15.3. The van der Waals surface area contributed by atoms with Crippen LogP contribution in [0, 0.1) is 0 Å². The second-order valence-corrected chi connectivity index (χ2v) is 4.85. The molecule has 0 aliphatic rings. The van der Waals surface area contributed by atoms with Crippen molar-refractivity contribution in [3.63, 3.8) is 0 Å². The number of anilines is 1. The number of benzene rings is 1. The zero-order valence-electron chi connectivity index (χ0n) is 10.9. The van der Waals surface area contributed by atoms with E-state index in [0.717, 1.165) is 5.56 Å². The molecule has 1 aromatic heterocycles. The molecule has 0 radical (unpaired) electrons. The molecule has 0 amide bonds. The van der Waals surface area contributed by atoms with Gasteiger partial charge in [0.25, 0.3) is 0 Å². The van der Waals surface area contributed by atoms with Crippen LogP contribution in [0.5, 0.6) is 5.75 Å². The van der Waals surface area contributed by atoms with E-state index in [9.17, 15) is 4.79 Å². The summed E-state index contributed by atoms with van der Waals surface area (Å²) < 4.78 is 5.06. The van der Waals surface area contributed by atoms with Gasteiger partial charge in [0.15, 0.2) is 10.8 Å². The third-order valence-corrected chi connectivity index (χ3v) is 3.15. The lowest BCUT2D eigenvalue weighted by molar-refractivity contribution is 0.0690. The van der Waals surface area contributed by atoms with Gasteiger partial charge in [-0.25, -0.2) is 4.79 Å². The van der Waals surface area contributed by atoms with E-state index in [4.69, 9.17) is 33.0 Å². The smallest absolute Gasteiger partial charge is 0.358 e. The highest BCUT2D eigenvalue weighted by Gasteiger charge is 2.13. The number of carbonyl (C=O) groups is 1. The largest absolute Gasteiger partial charge is 0.495 e. The zero-order chi connectivity index (χ0) is 15.4. The summed E-state index contributed by atoms with van der Waals surface area (Å²) in [5.74, 6) is -0.616. The van der Waals surface area contributed by atoms with Gasteiger partial charge in [-0.05, 0) is 17.7 Å². The molecule has 0 aliphatic carbocycles. The van der Waals surface area contributed by atoms with Crippen molar-refractivity contribution in [2.45, 2.75) is 6.54 Å². The van der Waals surface area contributed by atoms with E-state index in [1.165, 1.54) is 13.2 Å². The molecule has 1 heterocycles. The molecular formula is C13H11Cl2N3O3. The minimum absolute atomic E-state index is 0.107. The van der Waals surface area contributed by atoms with Gasteiger partial charge >= 0.3 is 5.97 Å². The fourth-order valence-electron chi connectivity index (χ4n) is 1.68. The quantitative estimate of drug-likeness (QED) is 0.877. The highest BCUT2D eigenvalue weighted by molar-refractivity contribution is 6.32. The van der Waals surface area contributed by atoms with Crippen molar-refractivity contribution in [2.75, 3.05) is 12.4 Å². The van der Waals surface area contributed by atoms with Crippen molar-refractivity contribution in [3.8, 4) is 5.75 Å². The number of carboxylic acids is 1. The number of carboxylic acid groups (broad SMARTS) is 1. The molecule has 0 spiro atoms. The Morgan fingerprint density at radius 2 is 2.10 bits per heavy atom. The number of methoxy groups -OCH3 is 1. The predicted octanol–water partition coefficient (Wildman–Crippen LogP) is 3.10. The van der Waals surface area contributed by atoms with Crippen LogP contribution in [0.25, 0.3) is 0 Å². The van der Waals surface area contributed by atoms with Crippen molar-refractivity contribution in [1.29, 1.82) is 0 Å². The molecule has 2 aromatic rings. The van der Waals surface area contributed by atoms with Gasteiger partial charge in [-0.15, -0.1) is 10.2 Å². The number of aromatic nitrogens is 2. The number of halogens is 2. The number of ether oxygens (including phenoxy) is 1. The van der Waals surface area contributed by atoms with Gasteiger partial charge in [0, 0.05) is 12.6 Å². The topological polar surface area (TPSA) is 84.3 Å². The summed E-state index contributed by atoms with van der Waals surface area (Å²) in [5.41, 5.74) is 0.943. The van der Waals surface area contributed by atoms with Crippen LogP contribution in [-0.2, 0) is 6.54 Å². The third-order valence-electron chi connectivity index (χ3n) is 2.67. The first-order valence-electron chi connectivity index (χ1n) is 5.84. The molecule has 1 aromatic carbocycles. The average molecular weight is 328 g/mol. The Bertz CT molecular complexity index is 680. The number of aromatic carboxylic acids is 1. The minimum atomic E-state index is -1.19. The van der Waals surface area contributed by atoms with E-state index >= 15 is 0 Å². The van der Waals surface area contributed by atoms with Gasteiger partial charge in [0.2, 0.25) is 0 Å². The lowest BCUT2D eigenvalue weighted by Gasteiger charge is -2.10. The maximum atomic E-state index is 11.1. The molecule has 0 unspecified atom stereocenters. The highest BCUT2D eigenvalue weighted by Crippen LogP contribution is 2.25. The summed E-state index contributed by atoms with van der Waals surface area (Å²) in [7, 11) is 1.53. The second-order valence-electron chi connectivity index (χ2n) is 4.06. The fourth-order valence-corrected chi connectivity index (χ4v) is 2.11. The standard InChI is InChI=1S/C13H11Cl2N3O3/c1-21-10-3-2-7(4-8(10)14)6-16-9-5-11(15)17-18-12(9)13(19)20/h2-5H,6H2,1H3,(H,16,17)(H,19,20). The molecule has 0 saturated heterocycles. The monoisotopic (exact) mass is 327 g/mol. The fraction of sp³-hybridized carbons (Fsp3) is 0.154. The predicted molar refractivity (Wildman–Crippen MR) is 79.3 cm³/mol. The van der Waals surface area contributed by atoms with Crippen molar-refractivity contribution in [3.05, 3.63) is 45.7 Å². The highest BCUT2D eigenvalue weighted by atomic mass is 35.5. The van der Waals surface area contributed by atoms with Crippen LogP contribution in [0.1, 0.15) is 16.1 Å². The molecule has 110 valence electrons. The van der Waals surface area contributed by atoms with Crippen LogP contribution >= 0.6 is 23.2 Å². The average Bonchev–Trinajstić information content (AvgIpc) is 2.45. The Hall–Kier alpha value is -2.05. The lowest BCUT2D eigenvalue weighted by atomic mass is 10.2. The van der Waals surface area contributed by atoms with Crippen LogP contribution in [0.2, 0.25) is 10.2 Å². The molecule has 8 heteroatoms. The van der Waals surface area contributed by atoms with E-state index in [2.05, 4.69) is 15.5 Å². The molecule has 21 heavy (non-hydrogen) atoms. The number of hydrogen-bond donors (Lipinski definition) is 2. The van der Waals surface area contributed by atoms with Gasteiger partial charge < -0.3 is 15.2 Å². The first-order chi connectivity index (χ1) is 10.0. The molecule has 0 fully saturated rings. The third kappa shape index (κ3) is 3.74. The lowest BCUT2D eigenvalue weighted by Crippen LogP contribution is -2.09. The Labute approximate surface area is 130 Å². The molecule has 6 nitrogen and oxygen atoms in total. The Balaban J connectivity index is 2.18. The van der Waals surface area contributed by atoms with Crippen molar-refractivity contribution in [2.24, 2.45) is 0 Å². The van der Waals surface area contributed by atoms with Crippen molar-refractivity contribution in [1.82, 2.24) is 10.2 Å². The van der Waals surface area contributed by atoms with E-state index in [-0.39, 0.29) is 16.5 Å². The molecule has 0 atom stereocenters. The summed E-state index contributed by atoms with van der Waals surface area (Å²) in [4.78, 5) is 11.1. The number of nitrogens with zero attached hydrogens (tertiary/aromatic N) is 2. The van der Waals surface area contributed by atoms with Crippen LogP contribution in [0.15, 0.2) is 24.3 Å². The van der Waals surface area contributed by atoms with Crippen LogP contribution in [0.4, 0.5) is 5.69 Å². The molecule has 0 bridgehead atoms. The van der Waals surface area contributed by atoms with Crippen LogP contribution in [0.3, 0.4) is 0 Å². The van der Waals surface area contributed by atoms with Crippen molar-refractivity contribution >= 4 is 34.9 Å². The molecule has 2 N–H and O–H groups in total. The summed E-state index contributed by atoms with van der Waals surface area (Å²) in [5, 5.41) is 19.6. The Morgan fingerprint density at radius 3 is 2.71 bits per heavy atom. The van der Waals surface area contributed by atoms with Gasteiger partial charge in [-0.1, -0.05) is 29.3 Å². The molecule has 2 rings (SSSR count). The van der Waals surface area contributed by atoms with Gasteiger partial charge in [-0.2, -0.15) is 0 Å². The summed E-state index contributed by atoms with van der Waals surface area (Å²) in [6, 6.07) is 6.68.